The van der Waals surface area contributed by atoms with E-state index in [4.69, 9.17) is 67.8 Å². The molecule has 2 aromatic carbocycles. The zero-order valence-corrected chi connectivity index (χ0v) is 83.8. The van der Waals surface area contributed by atoms with Gasteiger partial charge in [-0.2, -0.15) is 0 Å². The third kappa shape index (κ3) is 50.2. The minimum Gasteiger partial charge on any atom is -0.508 e. The number of carbonyl (C=O) groups is 20. The summed E-state index contributed by atoms with van der Waals surface area (Å²) >= 11 is 0. The Morgan fingerprint density at radius 2 is 0.556 bits per heavy atom. The van der Waals surface area contributed by atoms with Crippen molar-refractivity contribution in [3.8, 4) is 5.75 Å². The molecule has 0 saturated carbocycles. The summed E-state index contributed by atoms with van der Waals surface area (Å²) in [7, 11) is 0. The highest BCUT2D eigenvalue weighted by Crippen LogP contribution is 2.19. The zero-order valence-electron chi connectivity index (χ0n) is 83.8. The number of benzene rings is 2. The second-order valence-electron chi connectivity index (χ2n) is 37.1. The number of primary amides is 4. The van der Waals surface area contributed by atoms with Crippen molar-refractivity contribution in [1.82, 2.24) is 95.7 Å². The highest BCUT2D eigenvalue weighted by Gasteiger charge is 2.41. The summed E-state index contributed by atoms with van der Waals surface area (Å²) in [5.41, 5.74) is 51.6. The molecule has 16 atom stereocenters. The summed E-state index contributed by atoms with van der Waals surface area (Å²) < 4.78 is 0. The Kier molecular flexibility index (Phi) is 57.0. The number of nitrogens with one attached hydrogen (secondary N) is 21. The lowest BCUT2D eigenvalue weighted by atomic mass is 9.99. The molecule has 19 amide bonds. The van der Waals surface area contributed by atoms with Crippen molar-refractivity contribution in [3.63, 3.8) is 0 Å². The fourth-order valence-electron chi connectivity index (χ4n) is 14.5. The van der Waals surface area contributed by atoms with E-state index in [-0.39, 0.29) is 108 Å². The number of carboxylic acid groups (broad SMARTS) is 1. The number of phenols is 1. The van der Waals surface area contributed by atoms with Gasteiger partial charge in [0.2, 0.25) is 112 Å². The molecular formula is C92H154N30O22. The van der Waals surface area contributed by atoms with E-state index in [1.165, 1.54) is 72.7 Å². The number of hydrogen-bond donors (Lipinski definition) is 32. The van der Waals surface area contributed by atoms with E-state index in [2.05, 4.69) is 95.7 Å². The second-order valence-corrected chi connectivity index (χ2v) is 37.1. The zero-order chi connectivity index (χ0) is 109. The van der Waals surface area contributed by atoms with Crippen molar-refractivity contribution in [2.45, 2.75) is 308 Å². The predicted molar refractivity (Wildman–Crippen MR) is 530 cm³/mol. The summed E-state index contributed by atoms with van der Waals surface area (Å²) in [6, 6.07) is -11.0. The fraction of sp³-hybridized carbons (Fsp3) is 0.620. The van der Waals surface area contributed by atoms with E-state index in [0.29, 0.717) is 30.4 Å². The van der Waals surface area contributed by atoms with Gasteiger partial charge in [-0.25, -0.2) is 4.79 Å². The molecule has 0 heterocycles. The van der Waals surface area contributed by atoms with Crippen LogP contribution in [0, 0.1) is 45.8 Å². The molecule has 2 aromatic rings. The highest BCUT2D eigenvalue weighted by atomic mass is 16.4. The number of aromatic hydroxyl groups is 1. The first kappa shape index (κ1) is 125. The van der Waals surface area contributed by atoms with E-state index >= 15 is 0 Å². The molecule has 144 heavy (non-hydrogen) atoms. The van der Waals surface area contributed by atoms with Crippen molar-refractivity contribution in [3.05, 3.63) is 65.7 Å². The number of amides is 19. The van der Waals surface area contributed by atoms with Gasteiger partial charge in [0, 0.05) is 58.2 Å². The number of rotatable bonds is 70. The fourth-order valence-corrected chi connectivity index (χ4v) is 14.5. The van der Waals surface area contributed by atoms with Gasteiger partial charge in [-0.05, 0) is 163 Å². The Balaban J connectivity index is 2.63. The van der Waals surface area contributed by atoms with E-state index in [1.807, 2.05) is 0 Å². The average Bonchev–Trinajstić information content (AvgIpc) is 0.841. The molecule has 16 unspecified atom stereocenters. The van der Waals surface area contributed by atoms with Gasteiger partial charge in [0.25, 0.3) is 0 Å². The van der Waals surface area contributed by atoms with Gasteiger partial charge in [-0.15, -0.1) is 0 Å². The molecule has 2 rings (SSSR count). The highest BCUT2D eigenvalue weighted by molar-refractivity contribution is 6.02. The van der Waals surface area contributed by atoms with Gasteiger partial charge in [0.05, 0.1) is 6.04 Å². The molecule has 0 saturated heterocycles. The van der Waals surface area contributed by atoms with Crippen LogP contribution in [0.3, 0.4) is 0 Å². The Bertz CT molecular complexity index is 4660. The van der Waals surface area contributed by atoms with E-state index < -0.39 is 302 Å². The summed E-state index contributed by atoms with van der Waals surface area (Å²) in [5.74, 6) is -24.7. The second kappa shape index (κ2) is 65.5. The molecule has 0 aromatic heterocycles. The number of carboxylic acids is 1. The number of phenolic OH excluding ortho intramolecular Hbond substituents is 1. The summed E-state index contributed by atoms with van der Waals surface area (Å²) in [6.07, 6.45) is -4.18. The Hall–Kier alpha value is -14.6. The van der Waals surface area contributed by atoms with Crippen LogP contribution in [0.25, 0.3) is 0 Å². The Morgan fingerprint density at radius 3 is 0.875 bits per heavy atom. The van der Waals surface area contributed by atoms with Crippen LogP contribution in [-0.4, -0.2) is 269 Å². The topological polar surface area (TPSA) is 904 Å². The number of guanidine groups is 3. The standard InChI is InChI=1S/C92H154N30O22/c1-46(2)42-63(117-79(133)59(30-34-67(95)124)115-87(141)72(49(7)8)121-82(136)61(32-36-69(97)126)113-84(138)64(43-47(3)4)116-78(132)58(25-19-41-107-92(103)104)110-76(130)56(23-15-16-38-93)109-75(129)55(94)22-17-39-105-90(99)100)83(137)111-57(24-18-40-106-91(101)102)77(131)112-60(31-35-68(96)125)80(134)122-73(50(9)10)88(142)118-65(44-52-20-13-12-14-21-52)85(139)114-62(33-37-70(98)127)81(135)120-71(48(5)6)86(140)108-51(11)74(128)119-66(89(143)144)45-53-26-28-54(123)29-27-53/h12-14,20-21,26-29,46-51,55-66,71-73,123H,15-19,22-25,30-45,93-94H2,1-11H3,(H2,95,124)(H2,96,125)(H2,97,126)(H2,98,127)(H,108,140)(H,109,129)(H,110,130)(H,111,137)(H,112,131)(H,113,138)(H,114,139)(H,115,141)(H,116,132)(H,117,133)(H,118,142)(H,119,128)(H,120,135)(H,121,136)(H,122,134)(H,143,144)(H4,99,100,105)(H4,101,102,106)(H4,103,104,107). The number of unbranched alkanes of at least 4 members (excludes halogenated alkanes) is 1. The number of carbonyl (C=O) groups excluding carboxylic acids is 19. The molecule has 52 nitrogen and oxygen atoms in total. The van der Waals surface area contributed by atoms with Crippen molar-refractivity contribution >= 4 is 136 Å². The van der Waals surface area contributed by atoms with Gasteiger partial charge in [-0.1, -0.05) is 112 Å². The molecule has 0 spiro atoms. The van der Waals surface area contributed by atoms with Crippen LogP contribution in [0.15, 0.2) is 54.6 Å². The molecule has 0 aliphatic rings. The predicted octanol–water partition coefficient (Wildman–Crippen LogP) is -7.08. The third-order valence-corrected chi connectivity index (χ3v) is 22.5. The minimum atomic E-state index is -1.77. The van der Waals surface area contributed by atoms with Crippen molar-refractivity contribution < 1.29 is 106 Å². The van der Waals surface area contributed by atoms with Crippen molar-refractivity contribution in [2.24, 2.45) is 81.2 Å². The van der Waals surface area contributed by atoms with Crippen LogP contribution in [0.4, 0.5) is 0 Å². The van der Waals surface area contributed by atoms with Crippen LogP contribution in [0.5, 0.6) is 5.75 Å². The van der Waals surface area contributed by atoms with E-state index in [1.54, 1.807) is 58.0 Å². The van der Waals surface area contributed by atoms with E-state index in [9.17, 15) is 106 Å². The summed E-state index contributed by atoms with van der Waals surface area (Å²) in [6.45, 7) is 17.5. The minimum absolute atomic E-state index is 0.0418. The molecule has 0 fully saturated rings. The SMILES string of the molecule is CC(C)CC(NC(=O)C(CCCNC(=N)N)NC(=O)C(CCCCN)NC(=O)C(N)CCCNC(=N)N)C(=O)NC(CCC(N)=O)C(=O)NC(C(=O)NC(CCC(N)=O)C(=O)NC(CC(C)C)C(=O)NC(CCCNC(=N)N)C(=O)NC(CCC(N)=O)C(=O)NC(C(=O)NC(Cc1ccccc1)C(=O)NC(CCC(N)=O)C(=O)NC(C(=O)NC(C)C(=O)NC(Cc1ccc(O)cc1)C(=O)O)C(C)C)C(C)C)C(C)C. The Morgan fingerprint density at radius 1 is 0.292 bits per heavy atom. The van der Waals surface area contributed by atoms with E-state index in [0.717, 1.165) is 0 Å². The molecular weight excluding hydrogens is 1880 g/mol. The Labute approximate surface area is 837 Å². The number of aliphatic carboxylic acids is 1. The number of hydrogen-bond acceptors (Lipinski definition) is 26. The van der Waals surface area contributed by atoms with Crippen LogP contribution < -0.4 is 147 Å². The first-order valence-electron chi connectivity index (χ1n) is 48.0. The molecule has 0 radical (unpaired) electrons. The maximum Gasteiger partial charge on any atom is 0.326 e. The van der Waals surface area contributed by atoms with Gasteiger partial charge >= 0.3 is 5.97 Å². The summed E-state index contributed by atoms with van der Waals surface area (Å²) in [4.78, 5) is 279. The molecule has 0 bridgehead atoms. The maximum absolute atomic E-state index is 14.9. The maximum atomic E-state index is 14.9. The van der Waals surface area contributed by atoms with Crippen molar-refractivity contribution in [1.29, 1.82) is 16.2 Å². The molecule has 804 valence electrons. The van der Waals surface area contributed by atoms with Gasteiger partial charge in [-0.3, -0.25) is 107 Å². The van der Waals surface area contributed by atoms with Crippen LogP contribution >= 0.6 is 0 Å². The van der Waals surface area contributed by atoms with Crippen LogP contribution in [0.2, 0.25) is 0 Å². The van der Waals surface area contributed by atoms with Gasteiger partial charge in [0.15, 0.2) is 17.9 Å². The lowest BCUT2D eigenvalue weighted by Crippen LogP contribution is -2.62. The van der Waals surface area contributed by atoms with Crippen LogP contribution in [0.1, 0.15) is 209 Å². The average molecular weight is 2030 g/mol. The first-order valence-corrected chi connectivity index (χ1v) is 48.0. The number of nitrogens with two attached hydrogens (primary N) is 9. The van der Waals surface area contributed by atoms with Crippen LogP contribution in [-0.2, 0) is 109 Å². The molecule has 0 aliphatic carbocycles. The quantitative estimate of drug-likeness (QED) is 0.0166. The molecule has 0 aliphatic heterocycles. The largest absolute Gasteiger partial charge is 0.508 e. The van der Waals surface area contributed by atoms with Crippen molar-refractivity contribution in [2.75, 3.05) is 26.2 Å². The third-order valence-electron chi connectivity index (χ3n) is 22.5. The smallest absolute Gasteiger partial charge is 0.326 e. The van der Waals surface area contributed by atoms with Gasteiger partial charge in [0.1, 0.15) is 96.4 Å². The normalized spacial score (nSPS) is 14.5. The lowest BCUT2D eigenvalue weighted by molar-refractivity contribution is -0.142. The lowest BCUT2D eigenvalue weighted by Gasteiger charge is -2.30. The van der Waals surface area contributed by atoms with Gasteiger partial charge < -0.3 is 158 Å². The molecule has 41 N–H and O–H groups in total. The monoisotopic (exact) mass is 2030 g/mol. The summed E-state index contributed by atoms with van der Waals surface area (Å²) in [5, 5.41) is 88.6. The first-order chi connectivity index (χ1) is 67.5. The molecule has 52 heteroatoms.